The van der Waals surface area contributed by atoms with E-state index in [1.165, 1.54) is 0 Å². The van der Waals surface area contributed by atoms with Crippen molar-refractivity contribution in [3.63, 3.8) is 0 Å². The van der Waals surface area contributed by atoms with Gasteiger partial charge in [-0.15, -0.1) is 0 Å². The zero-order chi connectivity index (χ0) is 13.1. The highest BCUT2D eigenvalue weighted by atomic mass is 16.6. The molecule has 6 heteroatoms. The molecule has 0 aliphatic heterocycles. The lowest BCUT2D eigenvalue weighted by Crippen LogP contribution is -2.46. The van der Waals surface area contributed by atoms with E-state index < -0.39 is 30.3 Å². The summed E-state index contributed by atoms with van der Waals surface area (Å²) in [6.07, 6.45) is 0.883. The molecule has 1 aliphatic rings. The van der Waals surface area contributed by atoms with Gasteiger partial charge in [-0.2, -0.15) is 0 Å². The second kappa shape index (κ2) is 5.35. The van der Waals surface area contributed by atoms with E-state index >= 15 is 0 Å². The Bertz CT molecular complexity index is 293. The van der Waals surface area contributed by atoms with Gasteiger partial charge in [-0.05, 0) is 33.6 Å². The molecule has 0 aromatic heterocycles. The summed E-state index contributed by atoms with van der Waals surface area (Å²) in [5.41, 5.74) is -0.648. The summed E-state index contributed by atoms with van der Waals surface area (Å²) in [6, 6.07) is -1.06. The number of alkyl carbamates (subject to hydrolysis) is 1. The number of esters is 1. The average molecular weight is 245 g/mol. The summed E-state index contributed by atoms with van der Waals surface area (Å²) in [5, 5.41) is 11.3. The highest BCUT2D eigenvalue weighted by Gasteiger charge is 2.31. The van der Waals surface area contributed by atoms with Crippen molar-refractivity contribution in [2.45, 2.75) is 51.4 Å². The van der Waals surface area contributed by atoms with Gasteiger partial charge in [0.25, 0.3) is 0 Å². The highest BCUT2D eigenvalue weighted by molar-refractivity contribution is 5.81. The minimum Gasteiger partial charge on any atom is -0.461 e. The molecule has 2 N–H and O–H groups in total. The van der Waals surface area contributed by atoms with Crippen LogP contribution in [0.5, 0.6) is 0 Å². The smallest absolute Gasteiger partial charge is 0.408 e. The van der Waals surface area contributed by atoms with E-state index in [2.05, 4.69) is 5.32 Å². The van der Waals surface area contributed by atoms with Gasteiger partial charge in [0.05, 0.1) is 6.61 Å². The molecule has 1 saturated carbocycles. The fourth-order valence-electron chi connectivity index (χ4n) is 1.06. The zero-order valence-electron chi connectivity index (χ0n) is 10.4. The zero-order valence-corrected chi connectivity index (χ0v) is 10.4. The van der Waals surface area contributed by atoms with Crippen molar-refractivity contribution in [3.05, 3.63) is 0 Å². The van der Waals surface area contributed by atoms with E-state index in [1.54, 1.807) is 20.8 Å². The SMILES string of the molecule is CC(C)(C)OC(=O)N[C@@H](CO)C(=O)OC1CC1. The van der Waals surface area contributed by atoms with Gasteiger partial charge in [-0.1, -0.05) is 0 Å². The normalized spacial score (nSPS) is 17.2. The molecule has 0 saturated heterocycles. The summed E-state index contributed by atoms with van der Waals surface area (Å²) in [4.78, 5) is 22.9. The predicted octanol–water partition coefficient (Wildman–Crippen LogP) is 0.578. The average Bonchev–Trinajstić information content (AvgIpc) is 2.94. The largest absolute Gasteiger partial charge is 0.461 e. The molecular weight excluding hydrogens is 226 g/mol. The number of aliphatic hydroxyl groups is 1. The van der Waals surface area contributed by atoms with Crippen LogP contribution in [0.15, 0.2) is 0 Å². The fourth-order valence-corrected chi connectivity index (χ4v) is 1.06. The van der Waals surface area contributed by atoms with Gasteiger partial charge >= 0.3 is 12.1 Å². The van der Waals surface area contributed by atoms with Gasteiger partial charge in [0.15, 0.2) is 6.04 Å². The van der Waals surface area contributed by atoms with Crippen LogP contribution in [0.25, 0.3) is 0 Å². The summed E-state index contributed by atoms with van der Waals surface area (Å²) in [7, 11) is 0. The highest BCUT2D eigenvalue weighted by Crippen LogP contribution is 2.23. The van der Waals surface area contributed by atoms with Crippen LogP contribution in [0.4, 0.5) is 4.79 Å². The molecule has 0 heterocycles. The van der Waals surface area contributed by atoms with E-state index in [4.69, 9.17) is 14.6 Å². The lowest BCUT2D eigenvalue weighted by Gasteiger charge is -2.22. The van der Waals surface area contributed by atoms with Crippen molar-refractivity contribution in [2.24, 2.45) is 0 Å². The van der Waals surface area contributed by atoms with Crippen molar-refractivity contribution < 1.29 is 24.2 Å². The van der Waals surface area contributed by atoms with E-state index in [0.717, 1.165) is 12.8 Å². The van der Waals surface area contributed by atoms with Crippen LogP contribution in [0.1, 0.15) is 33.6 Å². The molecule has 0 spiro atoms. The molecule has 98 valence electrons. The molecule has 17 heavy (non-hydrogen) atoms. The second-order valence-electron chi connectivity index (χ2n) is 5.02. The number of rotatable bonds is 4. The molecule has 1 aliphatic carbocycles. The third-order valence-corrected chi connectivity index (χ3v) is 1.97. The second-order valence-corrected chi connectivity index (χ2v) is 5.02. The molecule has 0 unspecified atom stereocenters. The molecule has 0 aromatic rings. The number of hydrogen-bond acceptors (Lipinski definition) is 5. The maximum atomic E-state index is 11.5. The molecule has 0 bridgehead atoms. The number of nitrogens with one attached hydrogen (secondary N) is 1. The van der Waals surface area contributed by atoms with Crippen molar-refractivity contribution >= 4 is 12.1 Å². The molecular formula is C11H19NO5. The quantitative estimate of drug-likeness (QED) is 0.708. The summed E-state index contributed by atoms with van der Waals surface area (Å²) in [5.74, 6) is -0.624. The Hall–Kier alpha value is -1.30. The lowest BCUT2D eigenvalue weighted by molar-refractivity contribution is -0.148. The Labute approximate surface area is 100 Å². The van der Waals surface area contributed by atoms with Crippen molar-refractivity contribution in [2.75, 3.05) is 6.61 Å². The first-order chi connectivity index (χ1) is 7.81. The number of hydrogen-bond donors (Lipinski definition) is 2. The number of carbonyl (C=O) groups is 2. The topological polar surface area (TPSA) is 84.9 Å². The number of carbonyl (C=O) groups excluding carboxylic acids is 2. The fraction of sp³-hybridized carbons (Fsp3) is 0.818. The number of ether oxygens (including phenoxy) is 2. The number of amides is 1. The molecule has 1 rings (SSSR count). The Balaban J connectivity index is 2.39. The van der Waals surface area contributed by atoms with Crippen molar-refractivity contribution in [1.29, 1.82) is 0 Å². The van der Waals surface area contributed by atoms with Gasteiger partial charge in [-0.3, -0.25) is 0 Å². The molecule has 0 radical (unpaired) electrons. The molecule has 1 amide bonds. The lowest BCUT2D eigenvalue weighted by atomic mass is 10.2. The molecule has 1 atom stereocenters. The maximum Gasteiger partial charge on any atom is 0.408 e. The predicted molar refractivity (Wildman–Crippen MR) is 59.4 cm³/mol. The van der Waals surface area contributed by atoms with Crippen molar-refractivity contribution in [3.8, 4) is 0 Å². The Morgan fingerprint density at radius 1 is 1.41 bits per heavy atom. The van der Waals surface area contributed by atoms with Crippen molar-refractivity contribution in [1.82, 2.24) is 5.32 Å². The third kappa shape index (κ3) is 5.53. The Morgan fingerprint density at radius 2 is 2.00 bits per heavy atom. The van der Waals surface area contributed by atoms with Crippen LogP contribution in [0.3, 0.4) is 0 Å². The summed E-state index contributed by atoms with van der Waals surface area (Å²) < 4.78 is 9.95. The minimum atomic E-state index is -1.06. The van der Waals surface area contributed by atoms with E-state index in [9.17, 15) is 9.59 Å². The summed E-state index contributed by atoms with van der Waals surface area (Å²) >= 11 is 0. The first-order valence-electron chi connectivity index (χ1n) is 5.62. The molecule has 0 aromatic carbocycles. The molecule has 1 fully saturated rings. The van der Waals surface area contributed by atoms with Gasteiger partial charge in [0.2, 0.25) is 0 Å². The Kier molecular flexibility index (Phi) is 4.34. The van der Waals surface area contributed by atoms with Crippen LogP contribution >= 0.6 is 0 Å². The van der Waals surface area contributed by atoms with Crippen LogP contribution < -0.4 is 5.32 Å². The first kappa shape index (κ1) is 13.8. The maximum absolute atomic E-state index is 11.5. The van der Waals surface area contributed by atoms with Gasteiger partial charge in [0.1, 0.15) is 11.7 Å². The van der Waals surface area contributed by atoms with Gasteiger partial charge in [0, 0.05) is 0 Å². The van der Waals surface area contributed by atoms with E-state index in [-0.39, 0.29) is 6.10 Å². The van der Waals surface area contributed by atoms with Gasteiger partial charge in [-0.25, -0.2) is 9.59 Å². The minimum absolute atomic E-state index is 0.0583. The van der Waals surface area contributed by atoms with Crippen LogP contribution in [-0.2, 0) is 14.3 Å². The van der Waals surface area contributed by atoms with Crippen LogP contribution in [0.2, 0.25) is 0 Å². The van der Waals surface area contributed by atoms with Crippen LogP contribution in [0, 0.1) is 0 Å². The third-order valence-electron chi connectivity index (χ3n) is 1.97. The Morgan fingerprint density at radius 3 is 2.41 bits per heavy atom. The standard InChI is InChI=1S/C11H19NO5/c1-11(2,3)17-10(15)12-8(6-13)9(14)16-7-4-5-7/h7-8,13H,4-6H2,1-3H3,(H,12,15)/t8-/m0/s1. The monoisotopic (exact) mass is 245 g/mol. The number of aliphatic hydroxyl groups excluding tert-OH is 1. The van der Waals surface area contributed by atoms with E-state index in [0.29, 0.717) is 0 Å². The summed E-state index contributed by atoms with van der Waals surface area (Å²) in [6.45, 7) is 4.62. The van der Waals surface area contributed by atoms with Crippen LogP contribution in [-0.4, -0.2) is 41.5 Å². The first-order valence-corrected chi connectivity index (χ1v) is 5.62. The molecule has 6 nitrogen and oxygen atoms in total. The van der Waals surface area contributed by atoms with Gasteiger partial charge < -0.3 is 19.9 Å². The van der Waals surface area contributed by atoms with E-state index in [1.807, 2.05) is 0 Å².